The van der Waals surface area contributed by atoms with Gasteiger partial charge < -0.3 is 5.11 Å². The van der Waals surface area contributed by atoms with Crippen LogP contribution in [-0.4, -0.2) is 11.1 Å². The molecule has 0 spiro atoms. The molecule has 0 aliphatic rings. The first-order valence-electron chi connectivity index (χ1n) is 4.03. The summed E-state index contributed by atoms with van der Waals surface area (Å²) < 4.78 is 0. The van der Waals surface area contributed by atoms with Crippen molar-refractivity contribution in [3.05, 3.63) is 0 Å². The van der Waals surface area contributed by atoms with Gasteiger partial charge in [0.2, 0.25) is 0 Å². The molecule has 2 nitrogen and oxygen atoms in total. The summed E-state index contributed by atoms with van der Waals surface area (Å²) in [4.78, 5) is 10.7. The zero-order valence-corrected chi connectivity index (χ0v) is 8.01. The first-order valence-corrected chi connectivity index (χ1v) is 4.03. The van der Waals surface area contributed by atoms with Crippen molar-refractivity contribution in [3.8, 4) is 0 Å². The van der Waals surface area contributed by atoms with Gasteiger partial charge in [0.25, 0.3) is 0 Å². The van der Waals surface area contributed by atoms with Gasteiger partial charge in [-0.1, -0.05) is 34.6 Å². The molecule has 2 heteroatoms. The van der Waals surface area contributed by atoms with Crippen LogP contribution in [0, 0.1) is 17.3 Å². The Bertz CT molecular complexity index is 148. The van der Waals surface area contributed by atoms with Gasteiger partial charge in [0.15, 0.2) is 0 Å². The van der Waals surface area contributed by atoms with Crippen LogP contribution in [-0.2, 0) is 4.79 Å². The Morgan fingerprint density at radius 2 is 1.64 bits per heavy atom. The van der Waals surface area contributed by atoms with Crippen LogP contribution >= 0.6 is 0 Å². The first-order chi connectivity index (χ1) is 4.80. The summed E-state index contributed by atoms with van der Waals surface area (Å²) in [6.45, 7) is 9.87. The quantitative estimate of drug-likeness (QED) is 0.684. The fourth-order valence-corrected chi connectivity index (χ4v) is 0.818. The number of aliphatic carboxylic acids is 1. The van der Waals surface area contributed by atoms with E-state index in [0.29, 0.717) is 5.92 Å². The number of carboxylic acid groups (broad SMARTS) is 1. The molecule has 66 valence electrons. The molecule has 0 saturated heterocycles. The standard InChI is InChI=1S/C9H18O2/c1-6(2)9(4,5)7(3)8(10)11/h6-7H,1-5H3,(H,10,11). The smallest absolute Gasteiger partial charge is 0.306 e. The minimum atomic E-state index is -0.705. The summed E-state index contributed by atoms with van der Waals surface area (Å²) >= 11 is 0. The van der Waals surface area contributed by atoms with Crippen molar-refractivity contribution in [1.29, 1.82) is 0 Å². The maximum Gasteiger partial charge on any atom is 0.306 e. The highest BCUT2D eigenvalue weighted by Gasteiger charge is 2.33. The molecular formula is C9H18O2. The summed E-state index contributed by atoms with van der Waals surface area (Å²) in [6.07, 6.45) is 0. The van der Waals surface area contributed by atoms with Crippen LogP contribution in [0.4, 0.5) is 0 Å². The Hall–Kier alpha value is -0.530. The zero-order chi connectivity index (χ0) is 9.23. The maximum absolute atomic E-state index is 10.7. The second-order valence-corrected chi connectivity index (χ2v) is 4.04. The number of carbonyl (C=O) groups is 1. The van der Waals surface area contributed by atoms with Crippen molar-refractivity contribution in [3.63, 3.8) is 0 Å². The van der Waals surface area contributed by atoms with E-state index in [1.807, 2.05) is 13.8 Å². The summed E-state index contributed by atoms with van der Waals surface area (Å²) in [7, 11) is 0. The van der Waals surface area contributed by atoms with Crippen LogP contribution in [0.5, 0.6) is 0 Å². The van der Waals surface area contributed by atoms with Crippen LogP contribution in [0.15, 0.2) is 0 Å². The molecule has 0 amide bonds. The predicted molar refractivity (Wildman–Crippen MR) is 45.4 cm³/mol. The molecule has 0 aromatic heterocycles. The Morgan fingerprint density at radius 3 is 1.73 bits per heavy atom. The Morgan fingerprint density at radius 1 is 1.27 bits per heavy atom. The molecular weight excluding hydrogens is 140 g/mol. The Kier molecular flexibility index (Phi) is 3.09. The Balaban J connectivity index is 4.41. The van der Waals surface area contributed by atoms with Gasteiger partial charge in [-0.15, -0.1) is 0 Å². The normalized spacial score (nSPS) is 15.1. The lowest BCUT2D eigenvalue weighted by Gasteiger charge is -2.33. The van der Waals surface area contributed by atoms with Crippen molar-refractivity contribution in [1.82, 2.24) is 0 Å². The van der Waals surface area contributed by atoms with Gasteiger partial charge in [-0.2, -0.15) is 0 Å². The van der Waals surface area contributed by atoms with E-state index >= 15 is 0 Å². The second kappa shape index (κ2) is 3.24. The highest BCUT2D eigenvalue weighted by molar-refractivity contribution is 5.70. The molecule has 0 bridgehead atoms. The van der Waals surface area contributed by atoms with Gasteiger partial charge in [-0.3, -0.25) is 4.79 Å². The number of carboxylic acids is 1. The molecule has 0 fully saturated rings. The second-order valence-electron chi connectivity index (χ2n) is 4.04. The van der Waals surface area contributed by atoms with E-state index in [1.54, 1.807) is 6.92 Å². The van der Waals surface area contributed by atoms with E-state index in [1.165, 1.54) is 0 Å². The van der Waals surface area contributed by atoms with E-state index in [9.17, 15) is 4.79 Å². The van der Waals surface area contributed by atoms with Crippen LogP contribution < -0.4 is 0 Å². The van der Waals surface area contributed by atoms with Crippen molar-refractivity contribution in [2.75, 3.05) is 0 Å². The summed E-state index contributed by atoms with van der Waals surface area (Å²) in [5.74, 6) is -0.584. The number of hydrogen-bond donors (Lipinski definition) is 1. The van der Waals surface area contributed by atoms with Gasteiger partial charge in [0.05, 0.1) is 5.92 Å². The Labute approximate surface area is 68.6 Å². The maximum atomic E-state index is 10.7. The van der Waals surface area contributed by atoms with Gasteiger partial charge in [-0.25, -0.2) is 0 Å². The van der Waals surface area contributed by atoms with Crippen molar-refractivity contribution in [2.45, 2.75) is 34.6 Å². The van der Waals surface area contributed by atoms with E-state index in [-0.39, 0.29) is 11.3 Å². The average Bonchev–Trinajstić information content (AvgIpc) is 1.85. The summed E-state index contributed by atoms with van der Waals surface area (Å²) in [5.41, 5.74) is -0.119. The van der Waals surface area contributed by atoms with Gasteiger partial charge in [0, 0.05) is 0 Å². The fraction of sp³-hybridized carbons (Fsp3) is 0.889. The molecule has 0 saturated carbocycles. The lowest BCUT2D eigenvalue weighted by atomic mass is 9.71. The fourth-order valence-electron chi connectivity index (χ4n) is 0.818. The van der Waals surface area contributed by atoms with E-state index in [2.05, 4.69) is 13.8 Å². The lowest BCUT2D eigenvalue weighted by Crippen LogP contribution is -2.32. The molecule has 0 aromatic carbocycles. The topological polar surface area (TPSA) is 37.3 Å². The van der Waals surface area contributed by atoms with E-state index < -0.39 is 5.97 Å². The summed E-state index contributed by atoms with van der Waals surface area (Å²) in [6, 6.07) is 0. The van der Waals surface area contributed by atoms with Gasteiger partial charge in [-0.05, 0) is 11.3 Å². The minimum Gasteiger partial charge on any atom is -0.481 e. The van der Waals surface area contributed by atoms with E-state index in [0.717, 1.165) is 0 Å². The highest BCUT2D eigenvalue weighted by atomic mass is 16.4. The molecule has 0 rings (SSSR count). The van der Waals surface area contributed by atoms with Crippen molar-refractivity contribution in [2.24, 2.45) is 17.3 Å². The largest absolute Gasteiger partial charge is 0.481 e. The highest BCUT2D eigenvalue weighted by Crippen LogP contribution is 2.34. The van der Waals surface area contributed by atoms with Gasteiger partial charge >= 0.3 is 5.97 Å². The third-order valence-corrected chi connectivity index (χ3v) is 2.97. The number of hydrogen-bond acceptors (Lipinski definition) is 1. The molecule has 1 N–H and O–H groups in total. The monoisotopic (exact) mass is 158 g/mol. The third-order valence-electron chi connectivity index (χ3n) is 2.97. The molecule has 0 heterocycles. The molecule has 0 radical (unpaired) electrons. The summed E-state index contributed by atoms with van der Waals surface area (Å²) in [5, 5.41) is 8.77. The van der Waals surface area contributed by atoms with Gasteiger partial charge in [0.1, 0.15) is 0 Å². The molecule has 11 heavy (non-hydrogen) atoms. The van der Waals surface area contributed by atoms with Crippen molar-refractivity contribution < 1.29 is 9.90 Å². The zero-order valence-electron chi connectivity index (χ0n) is 8.01. The SMILES string of the molecule is CC(C)C(C)(C)C(C)C(=O)O. The molecule has 0 aromatic rings. The first kappa shape index (κ1) is 10.5. The van der Waals surface area contributed by atoms with Crippen LogP contribution in [0.3, 0.4) is 0 Å². The molecule has 1 unspecified atom stereocenters. The predicted octanol–water partition coefficient (Wildman–Crippen LogP) is 2.39. The molecule has 0 aliphatic carbocycles. The molecule has 1 atom stereocenters. The average molecular weight is 158 g/mol. The van der Waals surface area contributed by atoms with Crippen LogP contribution in [0.25, 0.3) is 0 Å². The number of rotatable bonds is 3. The third kappa shape index (κ3) is 2.21. The van der Waals surface area contributed by atoms with Crippen LogP contribution in [0.2, 0.25) is 0 Å². The lowest BCUT2D eigenvalue weighted by molar-refractivity contribution is -0.146. The van der Waals surface area contributed by atoms with Crippen molar-refractivity contribution >= 4 is 5.97 Å². The van der Waals surface area contributed by atoms with E-state index in [4.69, 9.17) is 5.11 Å². The van der Waals surface area contributed by atoms with Crippen LogP contribution in [0.1, 0.15) is 34.6 Å². The molecule has 0 aliphatic heterocycles. The minimum absolute atomic E-state index is 0.119.